The Morgan fingerprint density at radius 2 is 1.62 bits per heavy atom. The summed E-state index contributed by atoms with van der Waals surface area (Å²) in [4.78, 5) is -1.13. The number of sulfone groups is 1. The second-order valence-corrected chi connectivity index (χ2v) is 7.70. The molecule has 2 aromatic rings. The zero-order valence-electron chi connectivity index (χ0n) is 10.7. The number of hydrogen-bond donors (Lipinski definition) is 2. The molecule has 0 aromatic heterocycles. The normalized spacial score (nSPS) is 12.4. The summed E-state index contributed by atoms with van der Waals surface area (Å²) in [6, 6.07) is 6.51. The Morgan fingerprint density at radius 3 is 2.14 bits per heavy atom. The van der Waals surface area contributed by atoms with Crippen LogP contribution in [0.5, 0.6) is 5.75 Å². The van der Waals surface area contributed by atoms with Gasteiger partial charge < -0.3 is 5.11 Å². The topological polar surface area (TPSA) is 109 Å². The predicted octanol–water partition coefficient (Wildman–Crippen LogP) is 1.75. The molecule has 0 heterocycles. The SMILES string of the molecule is C=CCS(=O)(=O)c1cc(S(=O)(=O)O)c2ccccc2c1O. The van der Waals surface area contributed by atoms with Crippen molar-refractivity contribution in [1.29, 1.82) is 0 Å². The first-order valence-corrected chi connectivity index (χ1v) is 8.83. The van der Waals surface area contributed by atoms with Crippen LogP contribution in [0.15, 0.2) is 52.8 Å². The molecule has 0 saturated heterocycles. The molecule has 2 aromatic carbocycles. The zero-order valence-corrected chi connectivity index (χ0v) is 12.4. The Morgan fingerprint density at radius 1 is 1.05 bits per heavy atom. The molecule has 21 heavy (non-hydrogen) atoms. The third-order valence-electron chi connectivity index (χ3n) is 2.89. The first-order valence-electron chi connectivity index (χ1n) is 5.74. The van der Waals surface area contributed by atoms with Gasteiger partial charge in [-0.2, -0.15) is 8.42 Å². The maximum atomic E-state index is 12.1. The van der Waals surface area contributed by atoms with E-state index in [4.69, 9.17) is 0 Å². The fraction of sp³-hybridized carbons (Fsp3) is 0.0769. The molecule has 2 rings (SSSR count). The van der Waals surface area contributed by atoms with Crippen LogP contribution in [-0.2, 0) is 20.0 Å². The molecular weight excluding hydrogens is 316 g/mol. The summed E-state index contributed by atoms with van der Waals surface area (Å²) in [5.41, 5.74) is 0. The molecule has 0 aliphatic carbocycles. The van der Waals surface area contributed by atoms with Crippen LogP contribution in [-0.4, -0.2) is 32.2 Å². The zero-order chi connectivity index (χ0) is 15.8. The molecule has 0 aliphatic rings. The van der Waals surface area contributed by atoms with E-state index in [1.807, 2.05) is 0 Å². The molecule has 0 amide bonds. The third kappa shape index (κ3) is 2.78. The van der Waals surface area contributed by atoms with E-state index in [-0.39, 0.29) is 10.8 Å². The van der Waals surface area contributed by atoms with Crippen LogP contribution in [0.3, 0.4) is 0 Å². The van der Waals surface area contributed by atoms with Crippen LogP contribution in [0.1, 0.15) is 0 Å². The van der Waals surface area contributed by atoms with Gasteiger partial charge in [-0.1, -0.05) is 30.3 Å². The largest absolute Gasteiger partial charge is 0.506 e. The van der Waals surface area contributed by atoms with Crippen molar-refractivity contribution in [3.8, 4) is 5.75 Å². The average molecular weight is 328 g/mol. The summed E-state index contributed by atoms with van der Waals surface area (Å²) < 4.78 is 56.3. The van der Waals surface area contributed by atoms with Crippen LogP contribution in [0, 0.1) is 0 Å². The van der Waals surface area contributed by atoms with E-state index in [2.05, 4.69) is 6.58 Å². The lowest BCUT2D eigenvalue weighted by molar-refractivity contribution is 0.464. The number of hydrogen-bond acceptors (Lipinski definition) is 5. The molecule has 0 bridgehead atoms. The van der Waals surface area contributed by atoms with Gasteiger partial charge in [-0.3, -0.25) is 4.55 Å². The Labute approximate surface area is 122 Å². The van der Waals surface area contributed by atoms with Gasteiger partial charge in [-0.25, -0.2) is 8.42 Å². The quantitative estimate of drug-likeness (QED) is 0.654. The van der Waals surface area contributed by atoms with Crippen molar-refractivity contribution in [2.45, 2.75) is 9.79 Å². The lowest BCUT2D eigenvalue weighted by Crippen LogP contribution is -2.08. The van der Waals surface area contributed by atoms with Crippen LogP contribution in [0.2, 0.25) is 0 Å². The summed E-state index contributed by atoms with van der Waals surface area (Å²) in [6.45, 7) is 3.31. The second-order valence-electron chi connectivity index (χ2n) is 4.31. The van der Waals surface area contributed by atoms with Crippen molar-refractivity contribution in [3.05, 3.63) is 43.0 Å². The van der Waals surface area contributed by atoms with E-state index in [0.29, 0.717) is 0 Å². The molecule has 6 nitrogen and oxygen atoms in total. The smallest absolute Gasteiger partial charge is 0.295 e. The van der Waals surface area contributed by atoms with Gasteiger partial charge in [-0.05, 0) is 6.07 Å². The number of aromatic hydroxyl groups is 1. The van der Waals surface area contributed by atoms with Crippen molar-refractivity contribution in [3.63, 3.8) is 0 Å². The second kappa shape index (κ2) is 5.14. The molecule has 2 N–H and O–H groups in total. The summed E-state index contributed by atoms with van der Waals surface area (Å²) in [6.07, 6.45) is 1.12. The fourth-order valence-corrected chi connectivity index (χ4v) is 3.99. The van der Waals surface area contributed by atoms with E-state index >= 15 is 0 Å². The van der Waals surface area contributed by atoms with E-state index in [1.165, 1.54) is 24.3 Å². The van der Waals surface area contributed by atoms with E-state index in [9.17, 15) is 26.5 Å². The first kappa shape index (κ1) is 15.5. The Hall–Kier alpha value is -1.90. The standard InChI is InChI=1S/C13H12O6S2/c1-2-7-20(15,16)12-8-11(21(17,18)19)9-5-3-4-6-10(9)13(12)14/h2-6,8,14H,1,7H2,(H,17,18,19). The number of phenolic OH excluding ortho intramolecular Hbond substituents is 1. The third-order valence-corrected chi connectivity index (χ3v) is 5.44. The van der Waals surface area contributed by atoms with Gasteiger partial charge in [-0.15, -0.1) is 6.58 Å². The summed E-state index contributed by atoms with van der Waals surface area (Å²) in [5, 5.41) is 10.2. The molecule has 0 aliphatic heterocycles. The molecular formula is C13H12O6S2. The highest BCUT2D eigenvalue weighted by Gasteiger charge is 2.25. The van der Waals surface area contributed by atoms with Gasteiger partial charge in [0, 0.05) is 10.8 Å². The van der Waals surface area contributed by atoms with Crippen molar-refractivity contribution < 1.29 is 26.5 Å². The van der Waals surface area contributed by atoms with Gasteiger partial charge in [0.25, 0.3) is 10.1 Å². The van der Waals surface area contributed by atoms with Gasteiger partial charge in [0.1, 0.15) is 15.5 Å². The van der Waals surface area contributed by atoms with Crippen molar-refractivity contribution >= 4 is 30.7 Å². The molecule has 0 saturated carbocycles. The van der Waals surface area contributed by atoms with E-state index in [0.717, 1.165) is 12.1 Å². The Balaban J connectivity index is 3.00. The predicted molar refractivity (Wildman–Crippen MR) is 77.7 cm³/mol. The monoisotopic (exact) mass is 328 g/mol. The van der Waals surface area contributed by atoms with Gasteiger partial charge in [0.2, 0.25) is 0 Å². The van der Waals surface area contributed by atoms with Crippen LogP contribution < -0.4 is 0 Å². The van der Waals surface area contributed by atoms with Gasteiger partial charge >= 0.3 is 0 Å². The molecule has 0 radical (unpaired) electrons. The van der Waals surface area contributed by atoms with Gasteiger partial charge in [0.15, 0.2) is 9.84 Å². The number of fused-ring (bicyclic) bond motifs is 1. The van der Waals surface area contributed by atoms with E-state index in [1.54, 1.807) is 0 Å². The Kier molecular flexibility index (Phi) is 3.79. The first-order chi connectivity index (χ1) is 9.68. The number of phenols is 1. The van der Waals surface area contributed by atoms with E-state index < -0.39 is 41.2 Å². The number of rotatable bonds is 4. The minimum atomic E-state index is -4.65. The van der Waals surface area contributed by atoms with Crippen LogP contribution in [0.4, 0.5) is 0 Å². The van der Waals surface area contributed by atoms with Crippen LogP contribution >= 0.6 is 0 Å². The van der Waals surface area contributed by atoms with Crippen molar-refractivity contribution in [2.24, 2.45) is 0 Å². The minimum absolute atomic E-state index is 0.0234. The molecule has 0 unspecified atom stereocenters. The lowest BCUT2D eigenvalue weighted by atomic mass is 10.1. The highest BCUT2D eigenvalue weighted by Crippen LogP contribution is 2.36. The molecule has 0 spiro atoms. The Bertz CT molecular complexity index is 927. The van der Waals surface area contributed by atoms with Crippen molar-refractivity contribution in [2.75, 3.05) is 5.75 Å². The summed E-state index contributed by atoms with van der Waals surface area (Å²) in [5.74, 6) is -1.02. The highest BCUT2D eigenvalue weighted by atomic mass is 32.2. The molecule has 8 heteroatoms. The summed E-state index contributed by atoms with van der Waals surface area (Å²) >= 11 is 0. The maximum Gasteiger partial charge on any atom is 0.295 e. The highest BCUT2D eigenvalue weighted by molar-refractivity contribution is 7.91. The molecule has 0 fully saturated rings. The summed E-state index contributed by atoms with van der Waals surface area (Å²) in [7, 11) is -8.60. The average Bonchev–Trinajstić information content (AvgIpc) is 2.37. The minimum Gasteiger partial charge on any atom is -0.506 e. The van der Waals surface area contributed by atoms with Crippen LogP contribution in [0.25, 0.3) is 10.8 Å². The van der Waals surface area contributed by atoms with Gasteiger partial charge in [0.05, 0.1) is 5.75 Å². The molecule has 112 valence electrons. The molecule has 0 atom stereocenters. The lowest BCUT2D eigenvalue weighted by Gasteiger charge is -2.11. The number of benzene rings is 2. The fourth-order valence-electron chi connectivity index (χ4n) is 2.00. The maximum absolute atomic E-state index is 12.1. The van der Waals surface area contributed by atoms with Crippen molar-refractivity contribution in [1.82, 2.24) is 0 Å².